The summed E-state index contributed by atoms with van der Waals surface area (Å²) in [5.74, 6) is 0.493. The maximum Gasteiger partial charge on any atom is 0.415 e. The van der Waals surface area contributed by atoms with Crippen LogP contribution in [0.15, 0.2) is 91.0 Å². The summed E-state index contributed by atoms with van der Waals surface area (Å²) in [6.07, 6.45) is 4.40. The molecule has 2 bridgehead atoms. The number of hydrogen-bond donors (Lipinski definition) is 0. The molecule has 0 N–H and O–H groups in total. The molecule has 0 radical (unpaired) electrons. The lowest BCUT2D eigenvalue weighted by Gasteiger charge is -2.52. The van der Waals surface area contributed by atoms with Crippen LogP contribution in [0.5, 0.6) is 0 Å². The minimum Gasteiger partial charge on any atom is -1.00 e. The van der Waals surface area contributed by atoms with Crippen molar-refractivity contribution in [1.29, 1.82) is 0 Å². The normalized spacial score (nSPS) is 22.7. The largest absolute Gasteiger partial charge is 1.00 e. The third-order valence-corrected chi connectivity index (χ3v) is 7.71. The Hall–Kier alpha value is -2.82. The molecule has 0 saturated carbocycles. The number of carbonyl (C=O) groups is 1. The average Bonchev–Trinajstić information content (AvgIpc) is 2.89. The first-order valence-electron chi connectivity index (χ1n) is 12.7. The zero-order valence-corrected chi connectivity index (χ0v) is 21.0. The molecule has 35 heavy (non-hydrogen) atoms. The SMILES string of the molecule is O=C(O[C@H]1C[N+]2(CCCc3ccccc3)CCC1CC2)N(Cc1ccccc1)c1ccccc1.[Cl-]. The molecule has 0 aliphatic carbocycles. The lowest BCUT2D eigenvalue weighted by Crippen LogP contribution is -3.00. The Labute approximate surface area is 215 Å². The van der Waals surface area contributed by atoms with E-state index in [1.165, 1.54) is 31.6 Å². The van der Waals surface area contributed by atoms with E-state index in [9.17, 15) is 4.79 Å². The molecule has 184 valence electrons. The van der Waals surface area contributed by atoms with Gasteiger partial charge >= 0.3 is 6.09 Å². The minimum absolute atomic E-state index is 0. The van der Waals surface area contributed by atoms with E-state index < -0.39 is 0 Å². The lowest BCUT2D eigenvalue weighted by atomic mass is 9.83. The summed E-state index contributed by atoms with van der Waals surface area (Å²) >= 11 is 0. The number of aryl methyl sites for hydroxylation is 1. The fourth-order valence-corrected chi connectivity index (χ4v) is 5.76. The second-order valence-electron chi connectivity index (χ2n) is 9.95. The second kappa shape index (κ2) is 11.7. The van der Waals surface area contributed by atoms with Crippen molar-refractivity contribution in [3.05, 3.63) is 102 Å². The molecule has 3 fully saturated rings. The molecule has 3 aromatic rings. The summed E-state index contributed by atoms with van der Waals surface area (Å²) in [5.41, 5.74) is 3.39. The van der Waals surface area contributed by atoms with E-state index in [-0.39, 0.29) is 24.6 Å². The molecule has 0 spiro atoms. The van der Waals surface area contributed by atoms with Crippen LogP contribution in [0.25, 0.3) is 0 Å². The Bertz CT molecular complexity index is 1050. The van der Waals surface area contributed by atoms with Crippen molar-refractivity contribution in [3.63, 3.8) is 0 Å². The van der Waals surface area contributed by atoms with E-state index in [0.717, 1.165) is 41.5 Å². The number of fused-ring (bicyclic) bond motifs is 3. The smallest absolute Gasteiger partial charge is 0.415 e. The number of quaternary nitrogens is 1. The quantitative estimate of drug-likeness (QED) is 0.454. The summed E-state index contributed by atoms with van der Waals surface area (Å²) in [5, 5.41) is 0. The zero-order chi connectivity index (χ0) is 23.2. The summed E-state index contributed by atoms with van der Waals surface area (Å²) in [6, 6.07) is 30.8. The van der Waals surface area contributed by atoms with Gasteiger partial charge in [0.05, 0.1) is 26.2 Å². The molecule has 0 aromatic heterocycles. The van der Waals surface area contributed by atoms with Crippen LogP contribution in [0.1, 0.15) is 30.4 Å². The predicted molar refractivity (Wildman–Crippen MR) is 137 cm³/mol. The van der Waals surface area contributed by atoms with Gasteiger partial charge in [-0.2, -0.15) is 0 Å². The van der Waals surface area contributed by atoms with Gasteiger partial charge < -0.3 is 21.6 Å². The van der Waals surface area contributed by atoms with Crippen molar-refractivity contribution in [3.8, 4) is 0 Å². The van der Waals surface area contributed by atoms with Crippen molar-refractivity contribution in [1.82, 2.24) is 0 Å². The summed E-state index contributed by atoms with van der Waals surface area (Å²) < 4.78 is 7.38. The Balaban J connectivity index is 0.00000289. The highest BCUT2D eigenvalue weighted by Gasteiger charge is 2.47. The van der Waals surface area contributed by atoms with E-state index >= 15 is 0 Å². The van der Waals surface area contributed by atoms with E-state index in [4.69, 9.17) is 4.74 Å². The Morgan fingerprint density at radius 2 is 1.40 bits per heavy atom. The molecule has 1 atom stereocenters. The van der Waals surface area contributed by atoms with Crippen LogP contribution >= 0.6 is 0 Å². The molecule has 5 heteroatoms. The third-order valence-electron chi connectivity index (χ3n) is 7.71. The molecule has 0 unspecified atom stereocenters. The van der Waals surface area contributed by atoms with Gasteiger partial charge in [0.1, 0.15) is 6.54 Å². The van der Waals surface area contributed by atoms with Gasteiger partial charge in [-0.25, -0.2) is 4.79 Å². The highest BCUT2D eigenvalue weighted by molar-refractivity contribution is 5.87. The van der Waals surface area contributed by atoms with Crippen LogP contribution in [0.2, 0.25) is 0 Å². The van der Waals surface area contributed by atoms with Gasteiger partial charge in [0.2, 0.25) is 0 Å². The predicted octanol–water partition coefficient (Wildman–Crippen LogP) is 3.08. The average molecular weight is 491 g/mol. The highest BCUT2D eigenvalue weighted by atomic mass is 35.5. The Kier molecular flexibility index (Phi) is 8.48. The first-order chi connectivity index (χ1) is 16.7. The van der Waals surface area contributed by atoms with Crippen LogP contribution < -0.4 is 17.3 Å². The van der Waals surface area contributed by atoms with Crippen molar-refractivity contribution in [2.24, 2.45) is 5.92 Å². The molecular weight excluding hydrogens is 456 g/mol. The first kappa shape index (κ1) is 25.3. The topological polar surface area (TPSA) is 29.5 Å². The van der Waals surface area contributed by atoms with Crippen LogP contribution in [-0.4, -0.2) is 42.9 Å². The molecule has 6 rings (SSSR count). The number of hydrogen-bond acceptors (Lipinski definition) is 2. The number of rotatable bonds is 8. The number of piperidine rings is 3. The molecular formula is C30H35ClN2O2. The van der Waals surface area contributed by atoms with Gasteiger partial charge in [0.15, 0.2) is 6.10 Å². The maximum atomic E-state index is 13.5. The lowest BCUT2D eigenvalue weighted by molar-refractivity contribution is -0.946. The fraction of sp³-hybridized carbons (Fsp3) is 0.367. The number of benzene rings is 3. The molecule has 1 amide bonds. The van der Waals surface area contributed by atoms with E-state index in [0.29, 0.717) is 12.5 Å². The number of halogens is 1. The number of carbonyl (C=O) groups excluding carboxylic acids is 1. The second-order valence-corrected chi connectivity index (χ2v) is 9.95. The van der Waals surface area contributed by atoms with Gasteiger partial charge in [0, 0.05) is 30.9 Å². The van der Waals surface area contributed by atoms with Gasteiger partial charge in [-0.05, 0) is 29.7 Å². The van der Waals surface area contributed by atoms with Gasteiger partial charge in [-0.15, -0.1) is 0 Å². The van der Waals surface area contributed by atoms with Crippen molar-refractivity contribution in [2.45, 2.75) is 38.3 Å². The summed E-state index contributed by atoms with van der Waals surface area (Å²) in [7, 11) is 0. The van der Waals surface area contributed by atoms with Crippen molar-refractivity contribution in [2.75, 3.05) is 31.1 Å². The minimum atomic E-state index is -0.226. The first-order valence-corrected chi connectivity index (χ1v) is 12.7. The van der Waals surface area contributed by atoms with Crippen molar-refractivity contribution < 1.29 is 26.4 Å². The number of anilines is 1. The van der Waals surface area contributed by atoms with Crippen LogP contribution in [0.4, 0.5) is 10.5 Å². The standard InChI is InChI=1S/C30H35N2O2.ClH/c33-30(31(28-16-8-3-9-17-28)23-26-13-6-2-7-14-26)34-29-24-32(21-18-27(29)19-22-32)20-10-15-25-11-4-1-5-12-25;/h1-9,11-14,16-17,27,29H,10,15,18-24H2;1H/q+1;/p-1/t27?,29-,32?;/m0./s1. The number of para-hydroxylation sites is 1. The molecule has 3 saturated heterocycles. The monoisotopic (exact) mass is 490 g/mol. The molecule has 3 heterocycles. The Morgan fingerprint density at radius 3 is 2.03 bits per heavy atom. The van der Waals surface area contributed by atoms with E-state index in [1.54, 1.807) is 4.90 Å². The highest BCUT2D eigenvalue weighted by Crippen LogP contribution is 2.36. The van der Waals surface area contributed by atoms with Crippen LogP contribution in [-0.2, 0) is 17.7 Å². The molecule has 3 aliphatic rings. The maximum absolute atomic E-state index is 13.5. The fourth-order valence-electron chi connectivity index (χ4n) is 5.76. The van der Waals surface area contributed by atoms with Crippen molar-refractivity contribution >= 4 is 11.8 Å². The van der Waals surface area contributed by atoms with Gasteiger partial charge in [0.25, 0.3) is 0 Å². The summed E-state index contributed by atoms with van der Waals surface area (Å²) in [4.78, 5) is 15.3. The zero-order valence-electron chi connectivity index (χ0n) is 20.3. The molecule has 3 aromatic carbocycles. The number of ether oxygens (including phenoxy) is 1. The Morgan fingerprint density at radius 1 is 0.829 bits per heavy atom. The van der Waals surface area contributed by atoms with E-state index in [2.05, 4.69) is 42.5 Å². The molecule has 4 nitrogen and oxygen atoms in total. The number of nitrogens with zero attached hydrogens (tertiary/aromatic N) is 2. The van der Waals surface area contributed by atoms with E-state index in [1.807, 2.05) is 48.5 Å². The molecule has 3 aliphatic heterocycles. The van der Waals surface area contributed by atoms with Crippen LogP contribution in [0, 0.1) is 5.92 Å². The third kappa shape index (κ3) is 6.25. The summed E-state index contributed by atoms with van der Waals surface area (Å²) in [6.45, 7) is 5.08. The van der Waals surface area contributed by atoms with Gasteiger partial charge in [-0.1, -0.05) is 78.9 Å². The van der Waals surface area contributed by atoms with Crippen LogP contribution in [0.3, 0.4) is 0 Å². The van der Waals surface area contributed by atoms with Gasteiger partial charge in [-0.3, -0.25) is 4.90 Å². The number of amides is 1.